The van der Waals surface area contributed by atoms with E-state index in [1.807, 2.05) is 0 Å². The van der Waals surface area contributed by atoms with E-state index in [0.717, 1.165) is 0 Å². The summed E-state index contributed by atoms with van der Waals surface area (Å²) >= 11 is 0. The van der Waals surface area contributed by atoms with Crippen LogP contribution < -0.4 is 0 Å². The Balaban J connectivity index is 3.31. The summed E-state index contributed by atoms with van der Waals surface area (Å²) in [5, 5.41) is 0. The first-order chi connectivity index (χ1) is 10.8. The molecule has 0 fully saturated rings. The van der Waals surface area contributed by atoms with Crippen LogP contribution in [0.5, 0.6) is 0 Å². The van der Waals surface area contributed by atoms with Gasteiger partial charge in [-0.25, -0.2) is 0 Å². The van der Waals surface area contributed by atoms with Crippen LogP contribution in [-0.4, -0.2) is 0 Å². The summed E-state index contributed by atoms with van der Waals surface area (Å²) in [6.07, 6.45) is 29.2. The topological polar surface area (TPSA) is 0 Å². The summed E-state index contributed by atoms with van der Waals surface area (Å²) in [6.45, 7) is 4.56. The third-order valence-electron chi connectivity index (χ3n) is 4.80. The maximum atomic E-state index is 5.70. The Morgan fingerprint density at radius 2 is 0.864 bits per heavy atom. The molecule has 130 valence electrons. The monoisotopic (exact) mass is 306 g/mol. The molecule has 0 amide bonds. The number of rotatable bonds is 17. The van der Waals surface area contributed by atoms with Gasteiger partial charge in [0.1, 0.15) is 0 Å². The Hall–Kier alpha value is -0.440. The molecule has 0 aromatic heterocycles. The first-order valence-corrected chi connectivity index (χ1v) is 10.3. The van der Waals surface area contributed by atoms with E-state index in [0.29, 0.717) is 5.92 Å². The second kappa shape index (κ2) is 18.6. The van der Waals surface area contributed by atoms with Crippen molar-refractivity contribution in [1.29, 1.82) is 0 Å². The normalized spacial score (nSPS) is 12.2. The molecule has 0 N–H and O–H groups in total. The minimum absolute atomic E-state index is 0.552. The molecular weight excluding hydrogens is 264 g/mol. The van der Waals surface area contributed by atoms with Gasteiger partial charge in [-0.2, -0.15) is 0 Å². The van der Waals surface area contributed by atoms with Crippen LogP contribution in [0.3, 0.4) is 0 Å². The van der Waals surface area contributed by atoms with Gasteiger partial charge in [0.05, 0.1) is 0 Å². The maximum Gasteiger partial charge on any atom is 0.0200 e. The fourth-order valence-electron chi connectivity index (χ4n) is 3.18. The lowest BCUT2D eigenvalue weighted by atomic mass is 9.95. The van der Waals surface area contributed by atoms with Crippen molar-refractivity contribution in [3.05, 3.63) is 0 Å². The summed E-state index contributed by atoms with van der Waals surface area (Å²) in [5.74, 6) is 3.58. The number of unbranched alkanes of at least 4 members (excludes halogenated alkanes) is 13. The van der Waals surface area contributed by atoms with E-state index in [9.17, 15) is 0 Å². The Bertz CT molecular complexity index is 235. The summed E-state index contributed by atoms with van der Waals surface area (Å²) in [5.41, 5.74) is 0. The van der Waals surface area contributed by atoms with E-state index in [1.165, 1.54) is 109 Å². The van der Waals surface area contributed by atoms with Gasteiger partial charge in [0.25, 0.3) is 0 Å². The van der Waals surface area contributed by atoms with E-state index in [4.69, 9.17) is 6.42 Å². The van der Waals surface area contributed by atoms with Gasteiger partial charge in [0.2, 0.25) is 0 Å². The fourth-order valence-corrected chi connectivity index (χ4v) is 3.18. The van der Waals surface area contributed by atoms with Crippen LogP contribution in [0, 0.1) is 18.3 Å². The lowest BCUT2D eigenvalue weighted by Crippen LogP contribution is -1.97. The van der Waals surface area contributed by atoms with E-state index in [-0.39, 0.29) is 0 Å². The Morgan fingerprint density at radius 3 is 1.18 bits per heavy atom. The van der Waals surface area contributed by atoms with Crippen LogP contribution in [0.15, 0.2) is 0 Å². The molecule has 0 heteroatoms. The number of terminal acetylenes is 1. The van der Waals surface area contributed by atoms with E-state index >= 15 is 0 Å². The minimum atomic E-state index is 0.552. The molecule has 0 heterocycles. The molecule has 0 bridgehead atoms. The zero-order valence-corrected chi connectivity index (χ0v) is 15.7. The molecular formula is C22H42. The zero-order chi connectivity index (χ0) is 16.3. The van der Waals surface area contributed by atoms with Gasteiger partial charge in [-0.3, -0.25) is 0 Å². The quantitative estimate of drug-likeness (QED) is 0.189. The standard InChI is InChI=1S/C22H42/c1-4-7-9-11-13-15-17-19-21-22(6-3)20-18-16-14-12-10-8-5-2/h3,22H,4-5,7-21H2,1-2H3. The van der Waals surface area contributed by atoms with E-state index in [2.05, 4.69) is 19.8 Å². The molecule has 22 heavy (non-hydrogen) atoms. The van der Waals surface area contributed by atoms with Crippen molar-refractivity contribution < 1.29 is 0 Å². The Kier molecular flexibility index (Phi) is 18.2. The highest BCUT2D eigenvalue weighted by molar-refractivity contribution is 4.92. The molecule has 0 nitrogen and oxygen atoms in total. The molecule has 0 aliphatic rings. The molecule has 1 unspecified atom stereocenters. The Labute approximate surface area is 141 Å². The summed E-state index contributed by atoms with van der Waals surface area (Å²) in [6, 6.07) is 0. The molecule has 0 saturated heterocycles. The maximum absolute atomic E-state index is 5.70. The van der Waals surface area contributed by atoms with Gasteiger partial charge in [-0.1, -0.05) is 110 Å². The van der Waals surface area contributed by atoms with Gasteiger partial charge in [-0.15, -0.1) is 12.3 Å². The molecule has 0 aliphatic carbocycles. The highest BCUT2D eigenvalue weighted by Gasteiger charge is 2.04. The second-order valence-electron chi connectivity index (χ2n) is 7.04. The van der Waals surface area contributed by atoms with Crippen LogP contribution in [0.1, 0.15) is 123 Å². The predicted molar refractivity (Wildman–Crippen MR) is 102 cm³/mol. The first kappa shape index (κ1) is 21.6. The second-order valence-corrected chi connectivity index (χ2v) is 7.04. The molecule has 0 radical (unpaired) electrons. The summed E-state index contributed by atoms with van der Waals surface area (Å²) in [4.78, 5) is 0. The molecule has 0 spiro atoms. The fraction of sp³-hybridized carbons (Fsp3) is 0.909. The van der Waals surface area contributed by atoms with Gasteiger partial charge < -0.3 is 0 Å². The SMILES string of the molecule is C#CC(CCCCCCCCC)CCCCCCCCCC. The largest absolute Gasteiger partial charge is 0.120 e. The van der Waals surface area contributed by atoms with Crippen LogP contribution in [0.2, 0.25) is 0 Å². The molecule has 0 saturated carbocycles. The van der Waals surface area contributed by atoms with Gasteiger partial charge in [0, 0.05) is 5.92 Å². The zero-order valence-electron chi connectivity index (χ0n) is 15.7. The number of hydrogen-bond acceptors (Lipinski definition) is 0. The third kappa shape index (κ3) is 15.9. The van der Waals surface area contributed by atoms with Crippen LogP contribution in [0.25, 0.3) is 0 Å². The third-order valence-corrected chi connectivity index (χ3v) is 4.80. The van der Waals surface area contributed by atoms with Crippen molar-refractivity contribution in [1.82, 2.24) is 0 Å². The van der Waals surface area contributed by atoms with Gasteiger partial charge in [-0.05, 0) is 12.8 Å². The highest BCUT2D eigenvalue weighted by Crippen LogP contribution is 2.18. The lowest BCUT2D eigenvalue weighted by molar-refractivity contribution is 0.473. The van der Waals surface area contributed by atoms with Gasteiger partial charge in [0.15, 0.2) is 0 Å². The van der Waals surface area contributed by atoms with Crippen molar-refractivity contribution in [3.63, 3.8) is 0 Å². The van der Waals surface area contributed by atoms with Crippen molar-refractivity contribution in [2.24, 2.45) is 5.92 Å². The molecule has 0 aromatic carbocycles. The molecule has 0 aliphatic heterocycles. The predicted octanol–water partition coefficient (Wildman–Crippen LogP) is 7.91. The molecule has 0 aromatic rings. The average Bonchev–Trinajstić information content (AvgIpc) is 2.54. The van der Waals surface area contributed by atoms with Crippen molar-refractivity contribution in [2.45, 2.75) is 123 Å². The first-order valence-electron chi connectivity index (χ1n) is 10.3. The Morgan fingerprint density at radius 1 is 0.545 bits per heavy atom. The number of hydrogen-bond donors (Lipinski definition) is 0. The lowest BCUT2D eigenvalue weighted by Gasteiger charge is -2.10. The highest BCUT2D eigenvalue weighted by atomic mass is 14.1. The van der Waals surface area contributed by atoms with E-state index < -0.39 is 0 Å². The van der Waals surface area contributed by atoms with Gasteiger partial charge >= 0.3 is 0 Å². The smallest absolute Gasteiger partial charge is 0.0200 e. The van der Waals surface area contributed by atoms with Crippen LogP contribution in [0.4, 0.5) is 0 Å². The van der Waals surface area contributed by atoms with Crippen molar-refractivity contribution >= 4 is 0 Å². The van der Waals surface area contributed by atoms with Crippen molar-refractivity contribution in [2.75, 3.05) is 0 Å². The average molecular weight is 307 g/mol. The van der Waals surface area contributed by atoms with Crippen molar-refractivity contribution in [3.8, 4) is 12.3 Å². The summed E-state index contributed by atoms with van der Waals surface area (Å²) < 4.78 is 0. The van der Waals surface area contributed by atoms with Crippen LogP contribution >= 0.6 is 0 Å². The summed E-state index contributed by atoms with van der Waals surface area (Å²) in [7, 11) is 0. The van der Waals surface area contributed by atoms with E-state index in [1.54, 1.807) is 0 Å². The minimum Gasteiger partial charge on any atom is -0.120 e. The molecule has 0 rings (SSSR count). The van der Waals surface area contributed by atoms with Crippen LogP contribution in [-0.2, 0) is 0 Å². The molecule has 1 atom stereocenters.